The van der Waals surface area contributed by atoms with Crippen LogP contribution in [0.2, 0.25) is 0 Å². The van der Waals surface area contributed by atoms with E-state index in [0.29, 0.717) is 17.1 Å². The Bertz CT molecular complexity index is 642. The van der Waals surface area contributed by atoms with E-state index in [2.05, 4.69) is 36.5 Å². The van der Waals surface area contributed by atoms with Crippen molar-refractivity contribution in [1.82, 2.24) is 5.32 Å². The standard InChI is InChI=1S/C19H22FNOS/c1-3-18(15-10-8-14(2)9-11-15)21-19(22)13-23-12-16-6-4-5-7-17(16)20/h4-11,18H,3,12-13H2,1-2H3,(H,21,22)/t18-/m1/s1. The van der Waals surface area contributed by atoms with Crippen LogP contribution in [0.25, 0.3) is 0 Å². The van der Waals surface area contributed by atoms with E-state index in [-0.39, 0.29) is 17.8 Å². The third-order valence-electron chi connectivity index (χ3n) is 3.67. The number of carbonyl (C=O) groups excluding carboxylic acids is 1. The van der Waals surface area contributed by atoms with Crippen molar-refractivity contribution in [2.24, 2.45) is 0 Å². The molecular weight excluding hydrogens is 309 g/mol. The van der Waals surface area contributed by atoms with Crippen molar-refractivity contribution in [3.8, 4) is 0 Å². The molecule has 1 atom stereocenters. The zero-order valence-corrected chi connectivity index (χ0v) is 14.3. The summed E-state index contributed by atoms with van der Waals surface area (Å²) in [6.45, 7) is 4.10. The largest absolute Gasteiger partial charge is 0.349 e. The molecule has 2 nitrogen and oxygen atoms in total. The fourth-order valence-electron chi connectivity index (χ4n) is 2.32. The first-order chi connectivity index (χ1) is 11.1. The van der Waals surface area contributed by atoms with Crippen LogP contribution in [0, 0.1) is 12.7 Å². The number of aryl methyl sites for hydroxylation is 1. The molecular formula is C19H22FNOS. The Morgan fingerprint density at radius 3 is 2.52 bits per heavy atom. The lowest BCUT2D eigenvalue weighted by Crippen LogP contribution is -2.29. The van der Waals surface area contributed by atoms with Crippen molar-refractivity contribution in [1.29, 1.82) is 0 Å². The Kier molecular flexibility index (Phi) is 6.66. The van der Waals surface area contributed by atoms with E-state index in [4.69, 9.17) is 0 Å². The SMILES string of the molecule is CC[C@@H](NC(=O)CSCc1ccccc1F)c1ccc(C)cc1. The third-order valence-corrected chi connectivity index (χ3v) is 4.65. The summed E-state index contributed by atoms with van der Waals surface area (Å²) in [5.74, 6) is 0.600. The molecule has 0 saturated carbocycles. The van der Waals surface area contributed by atoms with Crippen LogP contribution >= 0.6 is 11.8 Å². The molecule has 1 amide bonds. The van der Waals surface area contributed by atoms with Gasteiger partial charge in [0.25, 0.3) is 0 Å². The Balaban J connectivity index is 1.83. The lowest BCUT2D eigenvalue weighted by Gasteiger charge is -2.17. The maximum absolute atomic E-state index is 13.5. The van der Waals surface area contributed by atoms with Crippen LogP contribution in [0.4, 0.5) is 4.39 Å². The molecule has 4 heteroatoms. The van der Waals surface area contributed by atoms with Gasteiger partial charge in [0.2, 0.25) is 5.91 Å². The molecule has 2 aromatic carbocycles. The molecule has 23 heavy (non-hydrogen) atoms. The molecule has 0 radical (unpaired) electrons. The van der Waals surface area contributed by atoms with Gasteiger partial charge in [-0.1, -0.05) is 55.0 Å². The molecule has 0 bridgehead atoms. The molecule has 0 aliphatic rings. The average Bonchev–Trinajstić information content (AvgIpc) is 2.55. The normalized spacial score (nSPS) is 12.0. The quantitative estimate of drug-likeness (QED) is 0.801. The van der Waals surface area contributed by atoms with Gasteiger partial charge in [-0.3, -0.25) is 4.79 Å². The second kappa shape index (κ2) is 8.73. The minimum Gasteiger partial charge on any atom is -0.349 e. The maximum Gasteiger partial charge on any atom is 0.230 e. The van der Waals surface area contributed by atoms with Crippen LogP contribution < -0.4 is 5.32 Å². The number of halogens is 1. The summed E-state index contributed by atoms with van der Waals surface area (Å²) in [5.41, 5.74) is 2.96. The molecule has 0 aromatic heterocycles. The van der Waals surface area contributed by atoms with Gasteiger partial charge in [0.05, 0.1) is 11.8 Å². The molecule has 122 valence electrons. The van der Waals surface area contributed by atoms with Crippen LogP contribution in [0.3, 0.4) is 0 Å². The molecule has 2 rings (SSSR count). The fourth-order valence-corrected chi connectivity index (χ4v) is 3.15. The summed E-state index contributed by atoms with van der Waals surface area (Å²) in [6.07, 6.45) is 0.840. The van der Waals surface area contributed by atoms with Gasteiger partial charge in [-0.15, -0.1) is 11.8 Å². The zero-order valence-electron chi connectivity index (χ0n) is 13.5. The van der Waals surface area contributed by atoms with E-state index in [9.17, 15) is 9.18 Å². The summed E-state index contributed by atoms with van der Waals surface area (Å²) in [6, 6.07) is 14.9. The van der Waals surface area contributed by atoms with Gasteiger partial charge >= 0.3 is 0 Å². The van der Waals surface area contributed by atoms with Crippen molar-refractivity contribution in [2.75, 3.05) is 5.75 Å². The van der Waals surface area contributed by atoms with Crippen molar-refractivity contribution in [2.45, 2.75) is 32.1 Å². The Morgan fingerprint density at radius 1 is 1.17 bits per heavy atom. The van der Waals surface area contributed by atoms with Gasteiger partial charge in [0.15, 0.2) is 0 Å². The van der Waals surface area contributed by atoms with E-state index in [1.165, 1.54) is 23.4 Å². The smallest absolute Gasteiger partial charge is 0.230 e. The van der Waals surface area contributed by atoms with Gasteiger partial charge in [0.1, 0.15) is 5.82 Å². The Labute approximate surface area is 141 Å². The highest BCUT2D eigenvalue weighted by Gasteiger charge is 2.12. The number of amides is 1. The number of thioether (sulfide) groups is 1. The van der Waals surface area contributed by atoms with E-state index in [1.54, 1.807) is 12.1 Å². The number of benzene rings is 2. The highest BCUT2D eigenvalue weighted by atomic mass is 32.2. The van der Waals surface area contributed by atoms with Crippen LogP contribution in [0.5, 0.6) is 0 Å². The summed E-state index contributed by atoms with van der Waals surface area (Å²) >= 11 is 1.43. The maximum atomic E-state index is 13.5. The molecule has 0 aliphatic heterocycles. The highest BCUT2D eigenvalue weighted by molar-refractivity contribution is 7.99. The van der Waals surface area contributed by atoms with Gasteiger partial charge in [-0.05, 0) is 30.5 Å². The van der Waals surface area contributed by atoms with Gasteiger partial charge in [-0.2, -0.15) is 0 Å². The first-order valence-corrected chi connectivity index (χ1v) is 8.92. The van der Waals surface area contributed by atoms with Crippen molar-refractivity contribution >= 4 is 17.7 Å². The first-order valence-electron chi connectivity index (χ1n) is 7.77. The van der Waals surface area contributed by atoms with Crippen LogP contribution in [0.1, 0.15) is 36.1 Å². The molecule has 0 unspecified atom stereocenters. The molecule has 0 spiro atoms. The second-order valence-corrected chi connectivity index (χ2v) is 6.51. The molecule has 0 aliphatic carbocycles. The minimum atomic E-state index is -0.216. The monoisotopic (exact) mass is 331 g/mol. The average molecular weight is 331 g/mol. The number of nitrogens with one attached hydrogen (secondary N) is 1. The molecule has 0 heterocycles. The van der Waals surface area contributed by atoms with E-state index >= 15 is 0 Å². The first kappa shape index (κ1) is 17.5. The number of hydrogen-bond donors (Lipinski definition) is 1. The number of hydrogen-bond acceptors (Lipinski definition) is 2. The Morgan fingerprint density at radius 2 is 1.87 bits per heavy atom. The van der Waals surface area contributed by atoms with Crippen LogP contribution in [0.15, 0.2) is 48.5 Å². The number of carbonyl (C=O) groups is 1. The summed E-state index contributed by atoms with van der Waals surface area (Å²) in [7, 11) is 0. The topological polar surface area (TPSA) is 29.1 Å². The third kappa shape index (κ3) is 5.39. The summed E-state index contributed by atoms with van der Waals surface area (Å²) in [5, 5.41) is 3.05. The van der Waals surface area contributed by atoms with Crippen molar-refractivity contribution in [3.63, 3.8) is 0 Å². The van der Waals surface area contributed by atoms with E-state index in [1.807, 2.05) is 13.0 Å². The Hall–Kier alpha value is -1.81. The van der Waals surface area contributed by atoms with Gasteiger partial charge in [0, 0.05) is 5.75 Å². The summed E-state index contributed by atoms with van der Waals surface area (Å²) in [4.78, 5) is 12.1. The molecule has 2 aromatic rings. The predicted molar refractivity (Wildman–Crippen MR) is 94.9 cm³/mol. The lowest BCUT2D eigenvalue weighted by atomic mass is 10.0. The van der Waals surface area contributed by atoms with E-state index in [0.717, 1.165) is 12.0 Å². The molecule has 0 fully saturated rings. The molecule has 1 N–H and O–H groups in total. The lowest BCUT2D eigenvalue weighted by molar-refractivity contribution is -0.119. The van der Waals surface area contributed by atoms with Crippen molar-refractivity contribution < 1.29 is 9.18 Å². The second-order valence-electron chi connectivity index (χ2n) is 5.52. The molecule has 0 saturated heterocycles. The number of rotatable bonds is 7. The highest BCUT2D eigenvalue weighted by Crippen LogP contribution is 2.19. The fraction of sp³-hybridized carbons (Fsp3) is 0.316. The zero-order chi connectivity index (χ0) is 16.7. The van der Waals surface area contributed by atoms with Gasteiger partial charge < -0.3 is 5.32 Å². The van der Waals surface area contributed by atoms with Crippen LogP contribution in [-0.2, 0) is 10.5 Å². The van der Waals surface area contributed by atoms with Crippen molar-refractivity contribution in [3.05, 3.63) is 71.0 Å². The summed E-state index contributed by atoms with van der Waals surface area (Å²) < 4.78 is 13.5. The van der Waals surface area contributed by atoms with Crippen LogP contribution in [-0.4, -0.2) is 11.7 Å². The minimum absolute atomic E-state index is 0.0150. The van der Waals surface area contributed by atoms with E-state index < -0.39 is 0 Å². The van der Waals surface area contributed by atoms with Gasteiger partial charge in [-0.25, -0.2) is 4.39 Å². The predicted octanol–water partition coefficient (Wildman–Crippen LogP) is 4.63.